The fraction of sp³-hybridized carbons (Fsp3) is 0.294. The lowest BCUT2D eigenvalue weighted by Crippen LogP contribution is -2.04. The van der Waals surface area contributed by atoms with Gasteiger partial charge in [-0.3, -0.25) is 0 Å². The second kappa shape index (κ2) is 6.94. The van der Waals surface area contributed by atoms with Crippen LogP contribution >= 0.6 is 0 Å². The van der Waals surface area contributed by atoms with E-state index >= 15 is 0 Å². The first-order valence-electron chi connectivity index (χ1n) is 6.91. The van der Waals surface area contributed by atoms with Gasteiger partial charge >= 0.3 is 0 Å². The van der Waals surface area contributed by atoms with E-state index in [9.17, 15) is 4.39 Å². The zero-order valence-corrected chi connectivity index (χ0v) is 11.9. The maximum atomic E-state index is 12.9. The molecule has 0 aliphatic heterocycles. The summed E-state index contributed by atoms with van der Waals surface area (Å²) in [6, 6.07) is 12.6. The van der Waals surface area contributed by atoms with Crippen molar-refractivity contribution < 1.29 is 9.13 Å². The monoisotopic (exact) mass is 273 g/mol. The van der Waals surface area contributed by atoms with Crippen LogP contribution in [0.15, 0.2) is 42.5 Å². The average Bonchev–Trinajstić information content (AvgIpc) is 2.46. The van der Waals surface area contributed by atoms with Crippen LogP contribution in [0.2, 0.25) is 0 Å². The molecule has 2 nitrogen and oxygen atoms in total. The Hall–Kier alpha value is -2.03. The second-order valence-electron chi connectivity index (χ2n) is 4.83. The highest BCUT2D eigenvalue weighted by molar-refractivity contribution is 5.57. The van der Waals surface area contributed by atoms with Gasteiger partial charge in [-0.15, -0.1) is 0 Å². The van der Waals surface area contributed by atoms with Gasteiger partial charge in [-0.1, -0.05) is 25.1 Å². The largest absolute Gasteiger partial charge is 0.491 e. The van der Waals surface area contributed by atoms with Gasteiger partial charge in [0.2, 0.25) is 0 Å². The van der Waals surface area contributed by atoms with E-state index in [4.69, 9.17) is 4.74 Å². The number of benzene rings is 2. The molecule has 0 unspecified atom stereocenters. The number of hydrogen-bond donors (Lipinski definition) is 1. The summed E-state index contributed by atoms with van der Waals surface area (Å²) < 4.78 is 18.6. The summed E-state index contributed by atoms with van der Waals surface area (Å²) in [5.74, 6) is 0.657. The molecule has 2 aromatic carbocycles. The topological polar surface area (TPSA) is 21.3 Å². The predicted molar refractivity (Wildman–Crippen MR) is 80.7 cm³/mol. The quantitative estimate of drug-likeness (QED) is 0.834. The molecule has 2 rings (SSSR count). The molecule has 0 bridgehead atoms. The zero-order valence-electron chi connectivity index (χ0n) is 11.9. The highest BCUT2D eigenvalue weighted by Crippen LogP contribution is 2.26. The minimum absolute atomic E-state index is 0.212. The van der Waals surface area contributed by atoms with Gasteiger partial charge in [0, 0.05) is 6.54 Å². The molecule has 2 aromatic rings. The first-order valence-corrected chi connectivity index (χ1v) is 6.91. The predicted octanol–water partition coefficient (Wildman–Crippen LogP) is 4.54. The summed E-state index contributed by atoms with van der Waals surface area (Å²) in [4.78, 5) is 0. The van der Waals surface area contributed by atoms with E-state index < -0.39 is 0 Å². The van der Waals surface area contributed by atoms with Crippen molar-refractivity contribution in [2.45, 2.75) is 26.8 Å². The molecule has 0 amide bonds. The Kier molecular flexibility index (Phi) is 4.99. The molecule has 0 radical (unpaired) electrons. The van der Waals surface area contributed by atoms with E-state index in [1.54, 1.807) is 12.1 Å². The van der Waals surface area contributed by atoms with Crippen LogP contribution in [0.3, 0.4) is 0 Å². The molecule has 0 atom stereocenters. The Morgan fingerprint density at radius 2 is 1.85 bits per heavy atom. The van der Waals surface area contributed by atoms with Gasteiger partial charge in [0.1, 0.15) is 11.6 Å². The number of anilines is 1. The molecule has 0 heterocycles. The van der Waals surface area contributed by atoms with E-state index in [0.717, 1.165) is 23.4 Å². The van der Waals surface area contributed by atoms with Crippen molar-refractivity contribution >= 4 is 5.69 Å². The molecule has 0 aromatic heterocycles. The lowest BCUT2D eigenvalue weighted by molar-refractivity contribution is 0.318. The number of aryl methyl sites for hydroxylation is 1. The Balaban J connectivity index is 2.06. The number of nitrogens with one attached hydrogen (secondary N) is 1. The minimum Gasteiger partial charge on any atom is -0.491 e. The number of halogens is 1. The van der Waals surface area contributed by atoms with Crippen LogP contribution in [0.1, 0.15) is 24.5 Å². The van der Waals surface area contributed by atoms with Gasteiger partial charge in [0.25, 0.3) is 0 Å². The Morgan fingerprint density at radius 1 is 1.10 bits per heavy atom. The first-order chi connectivity index (χ1) is 9.69. The molecule has 0 aliphatic carbocycles. The zero-order chi connectivity index (χ0) is 14.4. The van der Waals surface area contributed by atoms with E-state index in [1.807, 2.05) is 25.1 Å². The van der Waals surface area contributed by atoms with Gasteiger partial charge in [-0.25, -0.2) is 4.39 Å². The van der Waals surface area contributed by atoms with Crippen molar-refractivity contribution in [2.24, 2.45) is 0 Å². The van der Waals surface area contributed by atoms with Crippen LogP contribution in [-0.4, -0.2) is 6.61 Å². The molecule has 20 heavy (non-hydrogen) atoms. The van der Waals surface area contributed by atoms with Gasteiger partial charge in [-0.05, 0) is 48.7 Å². The smallest absolute Gasteiger partial charge is 0.142 e. The van der Waals surface area contributed by atoms with Crippen molar-refractivity contribution in [1.82, 2.24) is 0 Å². The molecule has 1 N–H and O–H groups in total. The molecular weight excluding hydrogens is 253 g/mol. The minimum atomic E-state index is -0.212. The molecule has 3 heteroatoms. The highest BCUT2D eigenvalue weighted by Gasteiger charge is 2.04. The lowest BCUT2D eigenvalue weighted by atomic mass is 10.2. The van der Waals surface area contributed by atoms with E-state index in [2.05, 4.69) is 12.2 Å². The number of hydrogen-bond acceptors (Lipinski definition) is 2. The van der Waals surface area contributed by atoms with Crippen LogP contribution in [0, 0.1) is 12.7 Å². The molecule has 0 aliphatic rings. The van der Waals surface area contributed by atoms with Crippen LogP contribution < -0.4 is 10.1 Å². The fourth-order valence-electron chi connectivity index (χ4n) is 1.91. The van der Waals surface area contributed by atoms with Gasteiger partial charge in [0.15, 0.2) is 0 Å². The molecule has 106 valence electrons. The first kappa shape index (κ1) is 14.4. The van der Waals surface area contributed by atoms with Crippen LogP contribution in [-0.2, 0) is 6.54 Å². The molecule has 0 saturated carbocycles. The Labute approximate surface area is 119 Å². The summed E-state index contributed by atoms with van der Waals surface area (Å²) in [7, 11) is 0. The van der Waals surface area contributed by atoms with E-state index in [1.165, 1.54) is 17.7 Å². The maximum Gasteiger partial charge on any atom is 0.142 e. The Morgan fingerprint density at radius 3 is 2.55 bits per heavy atom. The van der Waals surface area contributed by atoms with Gasteiger partial charge < -0.3 is 10.1 Å². The second-order valence-corrected chi connectivity index (χ2v) is 4.83. The summed E-state index contributed by atoms with van der Waals surface area (Å²) in [5.41, 5.74) is 3.17. The average molecular weight is 273 g/mol. The standard InChI is InChI=1S/C17H20FNO/c1-3-10-20-17-11-13(2)4-9-16(17)19-12-14-5-7-15(18)8-6-14/h4-9,11,19H,3,10,12H2,1-2H3. The number of rotatable bonds is 6. The molecule has 0 fully saturated rings. The molecular formula is C17H20FNO. The van der Waals surface area contributed by atoms with Crippen molar-refractivity contribution in [3.8, 4) is 5.75 Å². The van der Waals surface area contributed by atoms with Gasteiger partial charge in [-0.2, -0.15) is 0 Å². The third-order valence-electron chi connectivity index (χ3n) is 3.00. The summed E-state index contributed by atoms with van der Waals surface area (Å²) >= 11 is 0. The van der Waals surface area contributed by atoms with Crippen molar-refractivity contribution in [3.63, 3.8) is 0 Å². The fourth-order valence-corrected chi connectivity index (χ4v) is 1.91. The summed E-state index contributed by atoms with van der Waals surface area (Å²) in [6.07, 6.45) is 0.978. The summed E-state index contributed by atoms with van der Waals surface area (Å²) in [5, 5.41) is 3.34. The number of ether oxygens (including phenoxy) is 1. The van der Waals surface area contributed by atoms with Gasteiger partial charge in [0.05, 0.1) is 12.3 Å². The van der Waals surface area contributed by atoms with Crippen LogP contribution in [0.4, 0.5) is 10.1 Å². The molecule has 0 saturated heterocycles. The summed E-state index contributed by atoms with van der Waals surface area (Å²) in [6.45, 7) is 5.48. The van der Waals surface area contributed by atoms with Crippen molar-refractivity contribution in [2.75, 3.05) is 11.9 Å². The maximum absolute atomic E-state index is 12.9. The van der Waals surface area contributed by atoms with E-state index in [-0.39, 0.29) is 5.82 Å². The third-order valence-corrected chi connectivity index (χ3v) is 3.00. The van der Waals surface area contributed by atoms with Crippen molar-refractivity contribution in [3.05, 3.63) is 59.4 Å². The van der Waals surface area contributed by atoms with E-state index in [0.29, 0.717) is 13.2 Å². The third kappa shape index (κ3) is 3.98. The highest BCUT2D eigenvalue weighted by atomic mass is 19.1. The van der Waals surface area contributed by atoms with Crippen LogP contribution in [0.25, 0.3) is 0 Å². The van der Waals surface area contributed by atoms with Crippen molar-refractivity contribution in [1.29, 1.82) is 0 Å². The normalized spacial score (nSPS) is 10.3. The van der Waals surface area contributed by atoms with Crippen LogP contribution in [0.5, 0.6) is 5.75 Å². The SMILES string of the molecule is CCCOc1cc(C)ccc1NCc1ccc(F)cc1. The molecule has 0 spiro atoms. The lowest BCUT2D eigenvalue weighted by Gasteiger charge is -2.14. The Bertz CT molecular complexity index is 551.